The Bertz CT molecular complexity index is 814. The monoisotopic (exact) mass is 283 g/mol. The zero-order chi connectivity index (χ0) is 14.1. The van der Waals surface area contributed by atoms with Gasteiger partial charge in [-0.15, -0.1) is 0 Å². The van der Waals surface area contributed by atoms with Crippen molar-refractivity contribution in [1.82, 2.24) is 4.98 Å². The summed E-state index contributed by atoms with van der Waals surface area (Å²) in [4.78, 5) is 15.8. The molecule has 20 heavy (non-hydrogen) atoms. The molecular formula is C16H10ClNO2. The molecule has 2 aromatic carbocycles. The molecule has 0 bridgehead atoms. The van der Waals surface area contributed by atoms with Crippen molar-refractivity contribution in [3.8, 4) is 11.3 Å². The van der Waals surface area contributed by atoms with Gasteiger partial charge in [0.25, 0.3) is 0 Å². The van der Waals surface area contributed by atoms with Crippen LogP contribution in [0, 0.1) is 0 Å². The summed E-state index contributed by atoms with van der Waals surface area (Å²) in [6.07, 6.45) is 0. The molecule has 1 aromatic heterocycles. The van der Waals surface area contributed by atoms with Crippen LogP contribution in [-0.2, 0) is 0 Å². The van der Waals surface area contributed by atoms with E-state index in [0.717, 1.165) is 10.9 Å². The molecule has 1 heterocycles. The Kier molecular flexibility index (Phi) is 3.12. The minimum Gasteiger partial charge on any atom is -0.478 e. The third kappa shape index (κ3) is 2.24. The second kappa shape index (κ2) is 4.94. The molecule has 0 aliphatic carbocycles. The highest BCUT2D eigenvalue weighted by atomic mass is 35.5. The molecule has 0 fully saturated rings. The van der Waals surface area contributed by atoms with Crippen molar-refractivity contribution in [1.29, 1.82) is 0 Å². The topological polar surface area (TPSA) is 50.2 Å². The Hall–Kier alpha value is -2.39. The number of nitrogens with zero attached hydrogens (tertiary/aromatic N) is 1. The normalized spacial score (nSPS) is 10.7. The van der Waals surface area contributed by atoms with Gasteiger partial charge in [0.1, 0.15) is 0 Å². The number of para-hydroxylation sites is 1. The molecule has 0 saturated carbocycles. The number of hydrogen-bond donors (Lipinski definition) is 1. The van der Waals surface area contributed by atoms with E-state index in [1.54, 1.807) is 18.2 Å². The van der Waals surface area contributed by atoms with E-state index in [2.05, 4.69) is 4.98 Å². The van der Waals surface area contributed by atoms with Gasteiger partial charge < -0.3 is 5.11 Å². The van der Waals surface area contributed by atoms with Crippen molar-refractivity contribution in [3.05, 3.63) is 65.2 Å². The van der Waals surface area contributed by atoms with E-state index in [-0.39, 0.29) is 5.56 Å². The average Bonchev–Trinajstić information content (AvgIpc) is 2.46. The summed E-state index contributed by atoms with van der Waals surface area (Å²) in [5.41, 5.74) is 2.14. The van der Waals surface area contributed by atoms with Gasteiger partial charge in [0.15, 0.2) is 0 Å². The smallest absolute Gasteiger partial charge is 0.336 e. The van der Waals surface area contributed by atoms with Crippen LogP contribution >= 0.6 is 11.6 Å². The number of carboxylic acid groups (broad SMARTS) is 1. The summed E-state index contributed by atoms with van der Waals surface area (Å²) in [5, 5.41) is 10.8. The van der Waals surface area contributed by atoms with Gasteiger partial charge in [-0.2, -0.15) is 0 Å². The third-order valence-electron chi connectivity index (χ3n) is 3.09. The largest absolute Gasteiger partial charge is 0.478 e. The van der Waals surface area contributed by atoms with Crippen molar-refractivity contribution in [2.75, 3.05) is 0 Å². The van der Waals surface area contributed by atoms with Crippen LogP contribution in [0.2, 0.25) is 5.02 Å². The molecule has 98 valence electrons. The number of carbonyl (C=O) groups is 1. The number of fused-ring (bicyclic) bond motifs is 1. The molecule has 0 atom stereocenters. The minimum absolute atomic E-state index is 0.192. The fraction of sp³-hybridized carbons (Fsp3) is 0. The van der Waals surface area contributed by atoms with Crippen LogP contribution in [0.4, 0.5) is 0 Å². The zero-order valence-corrected chi connectivity index (χ0v) is 11.1. The second-order valence-corrected chi connectivity index (χ2v) is 4.82. The Morgan fingerprint density at radius 3 is 2.65 bits per heavy atom. The van der Waals surface area contributed by atoms with Gasteiger partial charge in [-0.25, -0.2) is 9.78 Å². The van der Waals surface area contributed by atoms with E-state index in [0.29, 0.717) is 16.3 Å². The van der Waals surface area contributed by atoms with E-state index in [9.17, 15) is 9.90 Å². The van der Waals surface area contributed by atoms with Crippen LogP contribution in [0.25, 0.3) is 22.2 Å². The molecule has 3 rings (SSSR count). The van der Waals surface area contributed by atoms with Gasteiger partial charge >= 0.3 is 5.97 Å². The molecule has 3 nitrogen and oxygen atoms in total. The number of carboxylic acids is 1. The molecule has 0 aliphatic rings. The van der Waals surface area contributed by atoms with E-state index >= 15 is 0 Å². The van der Waals surface area contributed by atoms with Crippen LogP contribution < -0.4 is 0 Å². The maximum Gasteiger partial charge on any atom is 0.336 e. The first-order valence-electron chi connectivity index (χ1n) is 6.04. The first-order valence-corrected chi connectivity index (χ1v) is 6.42. The molecule has 3 aromatic rings. The molecule has 0 radical (unpaired) electrons. The predicted molar refractivity (Wildman–Crippen MR) is 79.1 cm³/mol. The molecule has 0 saturated heterocycles. The van der Waals surface area contributed by atoms with Crippen LogP contribution in [0.1, 0.15) is 10.4 Å². The lowest BCUT2D eigenvalue weighted by Gasteiger charge is -2.07. The highest BCUT2D eigenvalue weighted by molar-refractivity contribution is 6.31. The maximum atomic E-state index is 11.3. The summed E-state index contributed by atoms with van der Waals surface area (Å²) >= 11 is 5.97. The maximum absolute atomic E-state index is 11.3. The van der Waals surface area contributed by atoms with E-state index in [4.69, 9.17) is 11.6 Å². The van der Waals surface area contributed by atoms with Gasteiger partial charge in [0.05, 0.1) is 16.8 Å². The first-order chi connectivity index (χ1) is 9.65. The lowest BCUT2D eigenvalue weighted by atomic mass is 10.0. The van der Waals surface area contributed by atoms with E-state index in [1.807, 2.05) is 30.3 Å². The standard InChI is InChI=1S/C16H10ClNO2/c17-11-6-7-12(16(19)20)13(9-11)15-8-5-10-3-1-2-4-14(10)18-15/h1-9H,(H,19,20). The van der Waals surface area contributed by atoms with Crippen molar-refractivity contribution >= 4 is 28.5 Å². The molecule has 4 heteroatoms. The summed E-state index contributed by atoms with van der Waals surface area (Å²) in [6, 6.07) is 16.1. The van der Waals surface area contributed by atoms with Crippen LogP contribution in [0.3, 0.4) is 0 Å². The lowest BCUT2D eigenvalue weighted by Crippen LogP contribution is -2.00. The van der Waals surface area contributed by atoms with E-state index < -0.39 is 5.97 Å². The number of aromatic nitrogens is 1. The number of pyridine rings is 1. The SMILES string of the molecule is O=C(O)c1ccc(Cl)cc1-c1ccc2ccccc2n1. The molecule has 0 aliphatic heterocycles. The number of hydrogen-bond acceptors (Lipinski definition) is 2. The minimum atomic E-state index is -0.994. The fourth-order valence-electron chi connectivity index (χ4n) is 2.13. The third-order valence-corrected chi connectivity index (χ3v) is 3.32. The molecular weight excluding hydrogens is 274 g/mol. The summed E-state index contributed by atoms with van der Waals surface area (Å²) in [5.74, 6) is -0.994. The van der Waals surface area contributed by atoms with Crippen molar-refractivity contribution < 1.29 is 9.90 Å². The molecule has 1 N–H and O–H groups in total. The number of halogens is 1. The highest BCUT2D eigenvalue weighted by Gasteiger charge is 2.13. The Morgan fingerprint density at radius 1 is 1.05 bits per heavy atom. The van der Waals surface area contributed by atoms with Crippen molar-refractivity contribution in [2.24, 2.45) is 0 Å². The van der Waals surface area contributed by atoms with Crippen molar-refractivity contribution in [3.63, 3.8) is 0 Å². The Labute approximate surface area is 120 Å². The fourth-order valence-corrected chi connectivity index (χ4v) is 2.30. The molecule has 0 amide bonds. The first kappa shape index (κ1) is 12.6. The van der Waals surface area contributed by atoms with Crippen LogP contribution in [0.5, 0.6) is 0 Å². The zero-order valence-electron chi connectivity index (χ0n) is 10.4. The average molecular weight is 284 g/mol. The summed E-state index contributed by atoms with van der Waals surface area (Å²) in [7, 11) is 0. The van der Waals surface area contributed by atoms with Gasteiger partial charge in [-0.1, -0.05) is 35.9 Å². The van der Waals surface area contributed by atoms with Gasteiger partial charge in [-0.3, -0.25) is 0 Å². The van der Waals surface area contributed by atoms with Gasteiger partial charge in [0, 0.05) is 16.0 Å². The summed E-state index contributed by atoms with van der Waals surface area (Å²) in [6.45, 7) is 0. The number of benzene rings is 2. The summed E-state index contributed by atoms with van der Waals surface area (Å²) < 4.78 is 0. The lowest BCUT2D eigenvalue weighted by molar-refractivity contribution is 0.0697. The van der Waals surface area contributed by atoms with Crippen molar-refractivity contribution in [2.45, 2.75) is 0 Å². The predicted octanol–water partition coefficient (Wildman–Crippen LogP) is 4.25. The van der Waals surface area contributed by atoms with E-state index in [1.165, 1.54) is 6.07 Å². The van der Waals surface area contributed by atoms with Gasteiger partial charge in [-0.05, 0) is 30.3 Å². The van der Waals surface area contributed by atoms with Crippen LogP contribution in [-0.4, -0.2) is 16.1 Å². The molecule has 0 spiro atoms. The number of rotatable bonds is 2. The molecule has 0 unspecified atom stereocenters. The number of aromatic carboxylic acids is 1. The quantitative estimate of drug-likeness (QED) is 0.765. The second-order valence-electron chi connectivity index (χ2n) is 4.38. The van der Waals surface area contributed by atoms with Crippen LogP contribution in [0.15, 0.2) is 54.6 Å². The highest BCUT2D eigenvalue weighted by Crippen LogP contribution is 2.27. The Balaban J connectivity index is 2.24. The Morgan fingerprint density at radius 2 is 1.85 bits per heavy atom. The van der Waals surface area contributed by atoms with Gasteiger partial charge in [0.2, 0.25) is 0 Å².